The molecule has 0 aromatic heterocycles. The summed E-state index contributed by atoms with van der Waals surface area (Å²) in [4.78, 5) is 33.4. The van der Waals surface area contributed by atoms with Crippen molar-refractivity contribution in [3.8, 4) is 6.07 Å². The monoisotopic (exact) mass is 317 g/mol. The summed E-state index contributed by atoms with van der Waals surface area (Å²) >= 11 is 0. The molecule has 8 nitrogen and oxygen atoms in total. The van der Waals surface area contributed by atoms with Crippen molar-refractivity contribution in [2.24, 2.45) is 0 Å². The zero-order valence-electron chi connectivity index (χ0n) is 12.3. The Morgan fingerprint density at radius 1 is 1.30 bits per heavy atom. The molecule has 0 unspecified atom stereocenters. The van der Waals surface area contributed by atoms with E-state index in [-0.39, 0.29) is 12.2 Å². The van der Waals surface area contributed by atoms with Crippen molar-refractivity contribution in [2.45, 2.75) is 6.92 Å². The average Bonchev–Trinajstić information content (AvgIpc) is 2.54. The SMILES string of the molecule is CCOC(=O)c1ccc(N/C=C(/C#N)C(=O)NCC(=O)O)cc1. The highest BCUT2D eigenvalue weighted by Crippen LogP contribution is 2.11. The fourth-order valence-corrected chi connectivity index (χ4v) is 1.47. The lowest BCUT2D eigenvalue weighted by atomic mass is 10.2. The van der Waals surface area contributed by atoms with Gasteiger partial charge in [0.15, 0.2) is 0 Å². The summed E-state index contributed by atoms with van der Waals surface area (Å²) in [6.45, 7) is 1.40. The Bertz CT molecular complexity index is 659. The molecule has 0 bridgehead atoms. The first kappa shape index (κ1) is 17.7. The van der Waals surface area contributed by atoms with Crippen LogP contribution >= 0.6 is 0 Å². The Morgan fingerprint density at radius 3 is 2.48 bits per heavy atom. The molecule has 0 saturated heterocycles. The molecule has 0 aliphatic rings. The minimum Gasteiger partial charge on any atom is -0.480 e. The Hall–Kier alpha value is -3.34. The van der Waals surface area contributed by atoms with Gasteiger partial charge in [0.1, 0.15) is 18.2 Å². The molecule has 0 radical (unpaired) electrons. The number of aliphatic carboxylic acids is 1. The number of nitrogens with one attached hydrogen (secondary N) is 2. The number of anilines is 1. The van der Waals surface area contributed by atoms with Crippen molar-refractivity contribution in [3.05, 3.63) is 41.6 Å². The number of hydrogen-bond acceptors (Lipinski definition) is 6. The third-order valence-electron chi connectivity index (χ3n) is 2.54. The Kier molecular flexibility index (Phi) is 6.81. The van der Waals surface area contributed by atoms with Crippen molar-refractivity contribution in [2.75, 3.05) is 18.5 Å². The summed E-state index contributed by atoms with van der Waals surface area (Å²) in [6, 6.07) is 7.88. The predicted octanol–water partition coefficient (Wildman–Crippen LogP) is 0.883. The number of rotatable bonds is 7. The standard InChI is InChI=1S/C15H15N3O5/c1-2-23-15(22)10-3-5-12(6-4-10)17-8-11(7-16)14(21)18-9-13(19)20/h3-6,8,17H,2,9H2,1H3,(H,18,21)(H,19,20)/b11-8-. The van der Waals surface area contributed by atoms with Gasteiger partial charge < -0.3 is 20.5 Å². The van der Waals surface area contributed by atoms with E-state index in [9.17, 15) is 14.4 Å². The highest BCUT2D eigenvalue weighted by atomic mass is 16.5. The van der Waals surface area contributed by atoms with Crippen LogP contribution in [0.1, 0.15) is 17.3 Å². The van der Waals surface area contributed by atoms with E-state index in [4.69, 9.17) is 15.1 Å². The van der Waals surface area contributed by atoms with Crippen LogP contribution in [-0.2, 0) is 14.3 Å². The van der Waals surface area contributed by atoms with E-state index in [2.05, 4.69) is 10.6 Å². The third-order valence-corrected chi connectivity index (χ3v) is 2.54. The first-order chi connectivity index (χ1) is 11.0. The number of carboxylic acid groups (broad SMARTS) is 1. The number of carboxylic acids is 1. The summed E-state index contributed by atoms with van der Waals surface area (Å²) in [7, 11) is 0. The molecular weight excluding hydrogens is 302 g/mol. The number of carbonyl (C=O) groups excluding carboxylic acids is 2. The van der Waals surface area contributed by atoms with Gasteiger partial charge in [0.25, 0.3) is 5.91 Å². The summed E-state index contributed by atoms with van der Waals surface area (Å²) in [5, 5.41) is 22.1. The van der Waals surface area contributed by atoms with Gasteiger partial charge in [-0.3, -0.25) is 9.59 Å². The zero-order chi connectivity index (χ0) is 17.2. The number of ether oxygens (including phenoxy) is 1. The maximum atomic E-state index is 11.5. The fourth-order valence-electron chi connectivity index (χ4n) is 1.47. The molecule has 3 N–H and O–H groups in total. The molecule has 1 rings (SSSR count). The first-order valence-corrected chi connectivity index (χ1v) is 6.62. The van der Waals surface area contributed by atoms with Crippen LogP contribution in [0.4, 0.5) is 5.69 Å². The molecule has 0 spiro atoms. The van der Waals surface area contributed by atoms with Crippen molar-refractivity contribution in [1.29, 1.82) is 5.26 Å². The smallest absolute Gasteiger partial charge is 0.338 e. The molecule has 8 heteroatoms. The van der Waals surface area contributed by atoms with Crippen LogP contribution in [0.5, 0.6) is 0 Å². The van der Waals surface area contributed by atoms with Gasteiger partial charge in [-0.05, 0) is 31.2 Å². The number of esters is 1. The summed E-state index contributed by atoms with van der Waals surface area (Å²) < 4.78 is 4.85. The molecule has 1 aromatic carbocycles. The second-order valence-electron chi connectivity index (χ2n) is 4.19. The van der Waals surface area contributed by atoms with Gasteiger partial charge in [-0.1, -0.05) is 0 Å². The van der Waals surface area contributed by atoms with Crippen LogP contribution in [0, 0.1) is 11.3 Å². The Labute approximate surface area is 132 Å². The van der Waals surface area contributed by atoms with Gasteiger partial charge in [0.05, 0.1) is 12.2 Å². The maximum absolute atomic E-state index is 11.5. The minimum absolute atomic E-state index is 0.276. The van der Waals surface area contributed by atoms with Crippen LogP contribution in [0.25, 0.3) is 0 Å². The van der Waals surface area contributed by atoms with E-state index < -0.39 is 24.4 Å². The first-order valence-electron chi connectivity index (χ1n) is 6.62. The molecule has 0 aliphatic heterocycles. The quantitative estimate of drug-likeness (QED) is 0.387. The van der Waals surface area contributed by atoms with Crippen LogP contribution < -0.4 is 10.6 Å². The van der Waals surface area contributed by atoms with E-state index >= 15 is 0 Å². The third kappa shape index (κ3) is 5.89. The number of hydrogen-bond donors (Lipinski definition) is 3. The van der Waals surface area contributed by atoms with E-state index in [0.717, 1.165) is 6.20 Å². The van der Waals surface area contributed by atoms with Gasteiger partial charge in [-0.2, -0.15) is 5.26 Å². The molecule has 1 aromatic rings. The highest BCUT2D eigenvalue weighted by molar-refractivity contribution is 5.98. The molecule has 0 aliphatic carbocycles. The summed E-state index contributed by atoms with van der Waals surface area (Å²) in [5.74, 6) is -2.45. The van der Waals surface area contributed by atoms with Gasteiger partial charge in [0.2, 0.25) is 0 Å². The average molecular weight is 317 g/mol. The number of nitriles is 1. The van der Waals surface area contributed by atoms with Crippen LogP contribution in [0.2, 0.25) is 0 Å². The number of nitrogens with zero attached hydrogens (tertiary/aromatic N) is 1. The second kappa shape index (κ2) is 8.84. The summed E-state index contributed by atoms with van der Waals surface area (Å²) in [5.41, 5.74) is 0.638. The van der Waals surface area contributed by atoms with Gasteiger partial charge in [-0.25, -0.2) is 4.79 Å². The van der Waals surface area contributed by atoms with E-state index in [1.54, 1.807) is 25.1 Å². The van der Waals surface area contributed by atoms with Crippen molar-refractivity contribution >= 4 is 23.5 Å². The van der Waals surface area contributed by atoms with Crippen LogP contribution in [0.3, 0.4) is 0 Å². The predicted molar refractivity (Wildman–Crippen MR) is 80.4 cm³/mol. The minimum atomic E-state index is -1.21. The maximum Gasteiger partial charge on any atom is 0.338 e. The fraction of sp³-hybridized carbons (Fsp3) is 0.200. The van der Waals surface area contributed by atoms with Gasteiger partial charge in [-0.15, -0.1) is 0 Å². The van der Waals surface area contributed by atoms with Crippen molar-refractivity contribution in [1.82, 2.24) is 5.32 Å². The normalized spacial score (nSPS) is 10.3. The molecule has 0 heterocycles. The molecule has 0 saturated carbocycles. The molecule has 1 amide bonds. The van der Waals surface area contributed by atoms with Gasteiger partial charge >= 0.3 is 11.9 Å². The Morgan fingerprint density at radius 2 is 1.96 bits per heavy atom. The molecule has 0 atom stereocenters. The largest absolute Gasteiger partial charge is 0.480 e. The number of benzene rings is 1. The molecule has 120 valence electrons. The molecule has 23 heavy (non-hydrogen) atoms. The topological polar surface area (TPSA) is 129 Å². The van der Waals surface area contributed by atoms with E-state index in [1.807, 2.05) is 0 Å². The second-order valence-corrected chi connectivity index (χ2v) is 4.19. The lowest BCUT2D eigenvalue weighted by Crippen LogP contribution is -2.30. The van der Waals surface area contributed by atoms with E-state index in [1.165, 1.54) is 12.1 Å². The number of amides is 1. The Balaban J connectivity index is 2.70. The van der Waals surface area contributed by atoms with Crippen LogP contribution in [-0.4, -0.2) is 36.1 Å². The molecular formula is C15H15N3O5. The van der Waals surface area contributed by atoms with Crippen LogP contribution in [0.15, 0.2) is 36.0 Å². The lowest BCUT2D eigenvalue weighted by Gasteiger charge is -2.05. The number of carbonyl (C=O) groups is 3. The van der Waals surface area contributed by atoms with E-state index in [0.29, 0.717) is 11.3 Å². The highest BCUT2D eigenvalue weighted by Gasteiger charge is 2.10. The van der Waals surface area contributed by atoms with Gasteiger partial charge in [0, 0.05) is 11.9 Å². The molecule has 0 fully saturated rings. The lowest BCUT2D eigenvalue weighted by molar-refractivity contribution is -0.137. The zero-order valence-corrected chi connectivity index (χ0v) is 12.3. The van der Waals surface area contributed by atoms with Crippen molar-refractivity contribution < 1.29 is 24.2 Å². The van der Waals surface area contributed by atoms with Crippen molar-refractivity contribution in [3.63, 3.8) is 0 Å². The summed E-state index contributed by atoms with van der Waals surface area (Å²) in [6.07, 6.45) is 1.15.